The molecule has 0 aromatic heterocycles. The number of fused-ring (bicyclic) bond motifs is 1. The van der Waals surface area contributed by atoms with Gasteiger partial charge in [-0.15, -0.1) is 0 Å². The zero-order valence-corrected chi connectivity index (χ0v) is 20.0. The Bertz CT molecular complexity index is 1180. The van der Waals surface area contributed by atoms with E-state index in [9.17, 15) is 14.4 Å². The molecule has 2 aliphatic rings. The Morgan fingerprint density at radius 2 is 1.85 bits per heavy atom. The van der Waals surface area contributed by atoms with Crippen molar-refractivity contribution in [3.8, 4) is 0 Å². The minimum absolute atomic E-state index is 0.0731. The van der Waals surface area contributed by atoms with Crippen molar-refractivity contribution in [3.05, 3.63) is 70.6 Å². The lowest BCUT2D eigenvalue weighted by Crippen LogP contribution is -2.44. The van der Waals surface area contributed by atoms with Crippen LogP contribution in [0.15, 0.2) is 59.5 Å². The molecule has 6 nitrogen and oxygen atoms in total. The number of hydrogen-bond acceptors (Lipinski definition) is 5. The van der Waals surface area contributed by atoms with Crippen LogP contribution in [0.5, 0.6) is 0 Å². The number of nitrogens with zero attached hydrogens (tertiary/aromatic N) is 2. The number of rotatable bonds is 5. The molecule has 1 saturated heterocycles. The number of thioether (sulfide) groups is 1. The Morgan fingerprint density at radius 1 is 1.12 bits per heavy atom. The van der Waals surface area contributed by atoms with Gasteiger partial charge < -0.3 is 10.2 Å². The van der Waals surface area contributed by atoms with Gasteiger partial charge in [-0.2, -0.15) is 0 Å². The third-order valence-electron chi connectivity index (χ3n) is 5.85. The van der Waals surface area contributed by atoms with Gasteiger partial charge in [0.25, 0.3) is 11.1 Å². The van der Waals surface area contributed by atoms with Crippen LogP contribution in [0, 0.1) is 0 Å². The minimum Gasteiger partial charge on any atom is -0.363 e. The molecule has 0 unspecified atom stereocenters. The number of imide groups is 1. The number of nitrogens with one attached hydrogen (secondary N) is 1. The highest BCUT2D eigenvalue weighted by atomic mass is 32.2. The van der Waals surface area contributed by atoms with Gasteiger partial charge >= 0.3 is 0 Å². The van der Waals surface area contributed by atoms with Crippen molar-refractivity contribution in [1.82, 2.24) is 4.90 Å². The number of anilines is 2. The molecule has 2 aliphatic heterocycles. The van der Waals surface area contributed by atoms with Gasteiger partial charge in [0, 0.05) is 23.5 Å². The first kappa shape index (κ1) is 22.9. The summed E-state index contributed by atoms with van der Waals surface area (Å²) in [5.41, 5.74) is 4.84. The smallest absolute Gasteiger partial charge is 0.294 e. The van der Waals surface area contributed by atoms with Crippen LogP contribution in [0.3, 0.4) is 0 Å². The first-order chi connectivity index (χ1) is 15.7. The second kappa shape index (κ2) is 8.90. The van der Waals surface area contributed by atoms with E-state index in [2.05, 4.69) is 56.1 Å². The molecule has 4 rings (SSSR count). The topological polar surface area (TPSA) is 69.7 Å². The van der Waals surface area contributed by atoms with Crippen LogP contribution in [-0.2, 0) is 9.59 Å². The molecule has 0 atom stereocenters. The molecule has 0 aliphatic carbocycles. The highest BCUT2D eigenvalue weighted by molar-refractivity contribution is 8.18. The van der Waals surface area contributed by atoms with Crippen LogP contribution in [0.2, 0.25) is 0 Å². The SMILES string of the molecule is CCN1c2ccc(/C=C3\SC(=O)N(CC(=O)Nc4ccccc4)C3=O)cc2C(C)=CC1(C)C. The molecule has 0 bridgehead atoms. The molecule has 2 heterocycles. The highest BCUT2D eigenvalue weighted by Gasteiger charge is 2.36. The molecule has 3 amide bonds. The number of carbonyl (C=O) groups excluding carboxylic acids is 3. The van der Waals surface area contributed by atoms with Crippen molar-refractivity contribution in [2.24, 2.45) is 0 Å². The summed E-state index contributed by atoms with van der Waals surface area (Å²) in [7, 11) is 0. The molecule has 7 heteroatoms. The number of para-hydroxylation sites is 1. The average Bonchev–Trinajstić information content (AvgIpc) is 3.02. The fourth-order valence-corrected chi connectivity index (χ4v) is 5.26. The van der Waals surface area contributed by atoms with Crippen molar-refractivity contribution < 1.29 is 14.4 Å². The molecule has 1 N–H and O–H groups in total. The molecule has 2 aromatic carbocycles. The Kier molecular flexibility index (Phi) is 6.17. The van der Waals surface area contributed by atoms with E-state index in [-0.39, 0.29) is 12.1 Å². The van der Waals surface area contributed by atoms with Gasteiger partial charge in [0.05, 0.1) is 10.4 Å². The molecule has 0 spiro atoms. The Balaban J connectivity index is 1.53. The standard InChI is InChI=1S/C26H27N3O3S/c1-5-29-21-12-11-18(13-20(21)17(2)15-26(29,3)4)14-22-24(31)28(25(32)33-22)16-23(30)27-19-9-7-6-8-10-19/h6-15H,5,16H2,1-4H3,(H,27,30)/b22-14-. The lowest BCUT2D eigenvalue weighted by Gasteiger charge is -2.42. The number of carbonyl (C=O) groups is 3. The highest BCUT2D eigenvalue weighted by Crippen LogP contribution is 2.40. The fraction of sp³-hybridized carbons (Fsp3) is 0.269. The molecule has 1 fully saturated rings. The zero-order chi connectivity index (χ0) is 23.8. The van der Waals surface area contributed by atoms with Gasteiger partial charge in [-0.3, -0.25) is 19.3 Å². The Morgan fingerprint density at radius 3 is 2.55 bits per heavy atom. The van der Waals surface area contributed by atoms with E-state index in [1.165, 1.54) is 5.57 Å². The number of amides is 3. The van der Waals surface area contributed by atoms with Crippen molar-refractivity contribution >= 4 is 51.8 Å². The van der Waals surface area contributed by atoms with Crippen molar-refractivity contribution in [2.45, 2.75) is 33.2 Å². The number of hydrogen-bond donors (Lipinski definition) is 1. The van der Waals surface area contributed by atoms with Gasteiger partial charge in [0.15, 0.2) is 0 Å². The first-order valence-electron chi connectivity index (χ1n) is 10.9. The van der Waals surface area contributed by atoms with E-state index in [0.29, 0.717) is 10.6 Å². The summed E-state index contributed by atoms with van der Waals surface area (Å²) in [5.74, 6) is -0.865. The van der Waals surface area contributed by atoms with E-state index in [0.717, 1.165) is 40.0 Å². The van der Waals surface area contributed by atoms with Gasteiger partial charge in [0.1, 0.15) is 6.54 Å². The number of likely N-dealkylation sites (N-methyl/N-ethyl adjacent to an activating group) is 1. The van der Waals surface area contributed by atoms with Crippen LogP contribution < -0.4 is 10.2 Å². The van der Waals surface area contributed by atoms with Gasteiger partial charge in [-0.1, -0.05) is 30.3 Å². The quantitative estimate of drug-likeness (QED) is 0.605. The van der Waals surface area contributed by atoms with Gasteiger partial charge in [-0.25, -0.2) is 0 Å². The van der Waals surface area contributed by atoms with Crippen LogP contribution in [0.25, 0.3) is 11.6 Å². The molecule has 0 radical (unpaired) electrons. The monoisotopic (exact) mass is 461 g/mol. The van der Waals surface area contributed by atoms with Gasteiger partial charge in [-0.05, 0) is 80.9 Å². The third-order valence-corrected chi connectivity index (χ3v) is 6.76. The Labute approximate surface area is 198 Å². The van der Waals surface area contributed by atoms with Crippen LogP contribution in [-0.4, -0.2) is 40.6 Å². The Hall–Kier alpha value is -3.32. The van der Waals surface area contributed by atoms with E-state index >= 15 is 0 Å². The lowest BCUT2D eigenvalue weighted by atomic mass is 9.88. The zero-order valence-electron chi connectivity index (χ0n) is 19.2. The third kappa shape index (κ3) is 4.59. The summed E-state index contributed by atoms with van der Waals surface area (Å²) < 4.78 is 0. The average molecular weight is 462 g/mol. The van der Waals surface area contributed by atoms with E-state index < -0.39 is 17.1 Å². The van der Waals surface area contributed by atoms with Crippen LogP contribution in [0.4, 0.5) is 16.2 Å². The molecule has 170 valence electrons. The molecular formula is C26H27N3O3S. The predicted molar refractivity (Wildman–Crippen MR) is 135 cm³/mol. The summed E-state index contributed by atoms with van der Waals surface area (Å²) in [4.78, 5) is 41.3. The van der Waals surface area contributed by atoms with Crippen molar-refractivity contribution in [1.29, 1.82) is 0 Å². The summed E-state index contributed by atoms with van der Waals surface area (Å²) in [6, 6.07) is 15.0. The largest absolute Gasteiger partial charge is 0.363 e. The maximum Gasteiger partial charge on any atom is 0.294 e. The maximum atomic E-state index is 12.9. The lowest BCUT2D eigenvalue weighted by molar-refractivity contribution is -0.127. The second-order valence-electron chi connectivity index (χ2n) is 8.68. The van der Waals surface area contributed by atoms with Crippen molar-refractivity contribution in [2.75, 3.05) is 23.3 Å². The van der Waals surface area contributed by atoms with E-state index in [4.69, 9.17) is 0 Å². The van der Waals surface area contributed by atoms with Crippen LogP contribution in [0.1, 0.15) is 38.8 Å². The van der Waals surface area contributed by atoms with Crippen LogP contribution >= 0.6 is 11.8 Å². The fourth-order valence-electron chi connectivity index (χ4n) is 4.42. The minimum atomic E-state index is -0.450. The normalized spacial score (nSPS) is 18.4. The first-order valence-corrected chi connectivity index (χ1v) is 11.7. The maximum absolute atomic E-state index is 12.9. The number of allylic oxidation sites excluding steroid dienone is 1. The summed E-state index contributed by atoms with van der Waals surface area (Å²) >= 11 is 0.861. The molecule has 33 heavy (non-hydrogen) atoms. The van der Waals surface area contributed by atoms with E-state index in [1.54, 1.807) is 30.3 Å². The summed E-state index contributed by atoms with van der Waals surface area (Å²) in [6.45, 7) is 9.19. The molecule has 0 saturated carbocycles. The van der Waals surface area contributed by atoms with E-state index in [1.807, 2.05) is 12.1 Å². The van der Waals surface area contributed by atoms with Crippen molar-refractivity contribution in [3.63, 3.8) is 0 Å². The second-order valence-corrected chi connectivity index (χ2v) is 9.68. The molecular weight excluding hydrogens is 434 g/mol. The summed E-state index contributed by atoms with van der Waals surface area (Å²) in [6.07, 6.45) is 3.98. The summed E-state index contributed by atoms with van der Waals surface area (Å²) in [5, 5.41) is 2.26. The number of benzene rings is 2. The predicted octanol–water partition coefficient (Wildman–Crippen LogP) is 5.38. The molecule has 2 aromatic rings. The van der Waals surface area contributed by atoms with Gasteiger partial charge in [0.2, 0.25) is 5.91 Å².